The summed E-state index contributed by atoms with van der Waals surface area (Å²) in [6.07, 6.45) is 4.81. The molecule has 0 aromatic heterocycles. The predicted octanol–water partition coefficient (Wildman–Crippen LogP) is 5.41. The SMILES string of the molecule is CCCCC[C@H](Cc1ccc(O)c(OC)c1)[C@H]1C[C@@H](OC(C)=O)C[C@@H](c2cc(O)c(O)c(OC)c2)O1. The van der Waals surface area contributed by atoms with Gasteiger partial charge in [0.25, 0.3) is 0 Å². The van der Waals surface area contributed by atoms with Crippen LogP contribution in [-0.2, 0) is 20.7 Å². The number of esters is 1. The van der Waals surface area contributed by atoms with Crippen molar-refractivity contribution < 1.29 is 39.1 Å². The van der Waals surface area contributed by atoms with Gasteiger partial charge >= 0.3 is 5.97 Å². The first-order valence-electron chi connectivity index (χ1n) is 12.5. The first kappa shape index (κ1) is 27.5. The molecule has 0 bridgehead atoms. The Morgan fingerprint density at radius 1 is 1.03 bits per heavy atom. The van der Waals surface area contributed by atoms with Crippen molar-refractivity contribution in [2.45, 2.75) is 77.1 Å². The quantitative estimate of drug-likeness (QED) is 0.212. The number of methoxy groups -OCH3 is 2. The molecule has 3 rings (SSSR count). The van der Waals surface area contributed by atoms with Crippen LogP contribution in [0.3, 0.4) is 0 Å². The van der Waals surface area contributed by atoms with Gasteiger partial charge in [0.2, 0.25) is 5.75 Å². The van der Waals surface area contributed by atoms with Gasteiger partial charge in [-0.3, -0.25) is 4.79 Å². The van der Waals surface area contributed by atoms with Crippen LogP contribution in [0.25, 0.3) is 0 Å². The van der Waals surface area contributed by atoms with Gasteiger partial charge in [-0.1, -0.05) is 32.3 Å². The second-order valence-electron chi connectivity index (χ2n) is 9.42. The molecule has 0 radical (unpaired) electrons. The van der Waals surface area contributed by atoms with Crippen molar-refractivity contribution in [3.63, 3.8) is 0 Å². The number of aromatic hydroxyl groups is 3. The summed E-state index contributed by atoms with van der Waals surface area (Å²) in [5, 5.41) is 30.3. The Bertz CT molecular complexity index is 1020. The van der Waals surface area contributed by atoms with Crippen LogP contribution in [0.2, 0.25) is 0 Å². The van der Waals surface area contributed by atoms with Crippen LogP contribution in [-0.4, -0.2) is 47.7 Å². The number of hydrogen-bond donors (Lipinski definition) is 3. The van der Waals surface area contributed by atoms with Crippen molar-refractivity contribution in [3.05, 3.63) is 41.5 Å². The van der Waals surface area contributed by atoms with E-state index >= 15 is 0 Å². The molecule has 1 heterocycles. The van der Waals surface area contributed by atoms with Crippen LogP contribution in [0.5, 0.6) is 28.7 Å². The van der Waals surface area contributed by atoms with Crippen LogP contribution >= 0.6 is 0 Å². The molecule has 3 N–H and O–H groups in total. The number of phenols is 3. The lowest BCUT2D eigenvalue weighted by Crippen LogP contribution is -2.39. The van der Waals surface area contributed by atoms with E-state index in [9.17, 15) is 20.1 Å². The molecule has 1 aliphatic rings. The summed E-state index contributed by atoms with van der Waals surface area (Å²) in [4.78, 5) is 11.8. The van der Waals surface area contributed by atoms with Crippen LogP contribution < -0.4 is 9.47 Å². The van der Waals surface area contributed by atoms with E-state index in [1.807, 2.05) is 12.1 Å². The summed E-state index contributed by atoms with van der Waals surface area (Å²) in [5.41, 5.74) is 1.66. The molecule has 4 atom stereocenters. The first-order chi connectivity index (χ1) is 17.2. The molecule has 0 amide bonds. The number of carbonyl (C=O) groups is 1. The minimum atomic E-state index is -0.462. The van der Waals surface area contributed by atoms with E-state index in [-0.39, 0.29) is 47.1 Å². The smallest absolute Gasteiger partial charge is 0.302 e. The molecule has 0 saturated carbocycles. The Hall–Kier alpha value is -3.13. The standard InChI is InChI=1S/C28H38O8/c1-5-6-7-8-19(11-18-9-10-22(30)26(12-18)33-3)24-15-21(35-17(2)29)16-25(36-24)20-13-23(31)28(32)27(14-20)34-4/h9-10,12-14,19,21,24-25,30-32H,5-8,11,15-16H2,1-4H3/t19-,21-,24-,25+/m1/s1. The molecule has 8 heteroatoms. The number of hydrogen-bond acceptors (Lipinski definition) is 8. The van der Waals surface area contributed by atoms with Crippen molar-refractivity contribution in [2.24, 2.45) is 5.92 Å². The van der Waals surface area contributed by atoms with Gasteiger partial charge in [0, 0.05) is 19.8 Å². The molecule has 198 valence electrons. The van der Waals surface area contributed by atoms with Crippen LogP contribution in [0.1, 0.15) is 69.6 Å². The van der Waals surface area contributed by atoms with Gasteiger partial charge in [-0.25, -0.2) is 0 Å². The van der Waals surface area contributed by atoms with Crippen molar-refractivity contribution >= 4 is 5.97 Å². The zero-order valence-electron chi connectivity index (χ0n) is 21.5. The molecule has 0 aliphatic carbocycles. The molecule has 1 aliphatic heterocycles. The molecule has 2 aromatic carbocycles. The fourth-order valence-corrected chi connectivity index (χ4v) is 4.95. The number of ether oxygens (including phenoxy) is 4. The topological polar surface area (TPSA) is 115 Å². The number of phenolic OH excluding ortho intramolecular Hbond substituents is 3. The van der Waals surface area contributed by atoms with Gasteiger partial charge in [-0.15, -0.1) is 0 Å². The molecular formula is C28H38O8. The van der Waals surface area contributed by atoms with E-state index in [0.717, 1.165) is 31.2 Å². The monoisotopic (exact) mass is 502 g/mol. The Morgan fingerprint density at radius 2 is 1.78 bits per heavy atom. The highest BCUT2D eigenvalue weighted by Gasteiger charge is 2.37. The maximum Gasteiger partial charge on any atom is 0.302 e. The summed E-state index contributed by atoms with van der Waals surface area (Å²) < 4.78 is 22.8. The van der Waals surface area contributed by atoms with E-state index in [1.165, 1.54) is 27.2 Å². The maximum absolute atomic E-state index is 11.8. The molecule has 1 fully saturated rings. The molecule has 36 heavy (non-hydrogen) atoms. The fraction of sp³-hybridized carbons (Fsp3) is 0.536. The zero-order chi connectivity index (χ0) is 26.2. The average Bonchev–Trinajstić information content (AvgIpc) is 2.85. The molecular weight excluding hydrogens is 464 g/mol. The molecule has 0 spiro atoms. The third kappa shape index (κ3) is 6.97. The van der Waals surface area contributed by atoms with Gasteiger partial charge < -0.3 is 34.3 Å². The summed E-state index contributed by atoms with van der Waals surface area (Å²) in [5.74, 6) is -0.190. The third-order valence-electron chi connectivity index (χ3n) is 6.76. The Balaban J connectivity index is 1.92. The van der Waals surface area contributed by atoms with E-state index in [1.54, 1.807) is 12.1 Å². The summed E-state index contributed by atoms with van der Waals surface area (Å²) in [7, 11) is 2.94. The highest BCUT2D eigenvalue weighted by Crippen LogP contribution is 2.43. The van der Waals surface area contributed by atoms with Crippen molar-refractivity contribution in [1.82, 2.24) is 0 Å². The fourth-order valence-electron chi connectivity index (χ4n) is 4.95. The van der Waals surface area contributed by atoms with Crippen LogP contribution in [0.15, 0.2) is 30.3 Å². The number of unbranched alkanes of at least 4 members (excludes halogenated alkanes) is 2. The largest absolute Gasteiger partial charge is 0.504 e. The second kappa shape index (κ2) is 12.7. The van der Waals surface area contributed by atoms with E-state index in [4.69, 9.17) is 18.9 Å². The number of rotatable bonds is 11. The number of carbonyl (C=O) groups excluding carboxylic acids is 1. The van der Waals surface area contributed by atoms with Crippen molar-refractivity contribution in [1.29, 1.82) is 0 Å². The Kier molecular flexibility index (Phi) is 9.70. The van der Waals surface area contributed by atoms with Crippen LogP contribution in [0.4, 0.5) is 0 Å². The van der Waals surface area contributed by atoms with Gasteiger partial charge in [-0.2, -0.15) is 0 Å². The summed E-state index contributed by atoms with van der Waals surface area (Å²) in [6, 6.07) is 8.47. The normalized spacial score (nSPS) is 20.5. The summed E-state index contributed by atoms with van der Waals surface area (Å²) in [6.45, 7) is 3.56. The maximum atomic E-state index is 11.8. The van der Waals surface area contributed by atoms with Gasteiger partial charge in [0.15, 0.2) is 23.0 Å². The van der Waals surface area contributed by atoms with Gasteiger partial charge in [-0.05, 0) is 54.2 Å². The Morgan fingerprint density at radius 3 is 2.44 bits per heavy atom. The first-order valence-corrected chi connectivity index (χ1v) is 12.5. The Labute approximate surface area is 212 Å². The minimum Gasteiger partial charge on any atom is -0.504 e. The lowest BCUT2D eigenvalue weighted by molar-refractivity contribution is -0.165. The van der Waals surface area contributed by atoms with Gasteiger partial charge in [0.1, 0.15) is 6.10 Å². The van der Waals surface area contributed by atoms with E-state index in [2.05, 4.69) is 6.92 Å². The number of benzene rings is 2. The third-order valence-corrected chi connectivity index (χ3v) is 6.76. The summed E-state index contributed by atoms with van der Waals surface area (Å²) >= 11 is 0. The molecule has 0 unspecified atom stereocenters. The molecule has 8 nitrogen and oxygen atoms in total. The highest BCUT2D eigenvalue weighted by molar-refractivity contribution is 5.66. The second-order valence-corrected chi connectivity index (χ2v) is 9.42. The van der Waals surface area contributed by atoms with E-state index in [0.29, 0.717) is 30.6 Å². The molecule has 1 saturated heterocycles. The minimum absolute atomic E-state index is 0.0915. The lowest BCUT2D eigenvalue weighted by Gasteiger charge is -2.39. The van der Waals surface area contributed by atoms with Crippen LogP contribution in [0, 0.1) is 5.92 Å². The van der Waals surface area contributed by atoms with Crippen molar-refractivity contribution in [2.75, 3.05) is 14.2 Å². The van der Waals surface area contributed by atoms with Crippen molar-refractivity contribution in [3.8, 4) is 28.7 Å². The lowest BCUT2D eigenvalue weighted by atomic mass is 9.83. The molecule has 2 aromatic rings. The van der Waals surface area contributed by atoms with E-state index < -0.39 is 6.10 Å². The predicted molar refractivity (Wildman–Crippen MR) is 135 cm³/mol. The van der Waals surface area contributed by atoms with Gasteiger partial charge in [0.05, 0.1) is 26.4 Å². The highest BCUT2D eigenvalue weighted by atomic mass is 16.6. The average molecular weight is 503 g/mol. The zero-order valence-corrected chi connectivity index (χ0v) is 21.5.